The predicted molar refractivity (Wildman–Crippen MR) is 99.5 cm³/mol. The second kappa shape index (κ2) is 8.49. The highest BCUT2D eigenvalue weighted by atomic mass is 35.5. The molecule has 0 N–H and O–H groups in total. The van der Waals surface area contributed by atoms with Gasteiger partial charge in [0, 0.05) is 17.6 Å². The van der Waals surface area contributed by atoms with Gasteiger partial charge in [0.2, 0.25) is 0 Å². The molecule has 0 saturated heterocycles. The van der Waals surface area contributed by atoms with E-state index in [0.29, 0.717) is 36.0 Å². The van der Waals surface area contributed by atoms with Crippen LogP contribution in [0.1, 0.15) is 15.9 Å². The Bertz CT molecular complexity index is 850. The molecule has 0 aliphatic carbocycles. The van der Waals surface area contributed by atoms with E-state index in [2.05, 4.69) is 10.1 Å². The van der Waals surface area contributed by atoms with Crippen LogP contribution in [0.3, 0.4) is 0 Å². The number of rotatable bonds is 7. The van der Waals surface area contributed by atoms with E-state index in [9.17, 15) is 4.79 Å². The molecule has 0 spiro atoms. The van der Waals surface area contributed by atoms with E-state index >= 15 is 0 Å². The molecule has 2 aromatic carbocycles. The van der Waals surface area contributed by atoms with Crippen molar-refractivity contribution >= 4 is 17.5 Å². The third kappa shape index (κ3) is 4.83. The van der Waals surface area contributed by atoms with E-state index in [1.54, 1.807) is 35.1 Å². The maximum atomic E-state index is 12.5. The van der Waals surface area contributed by atoms with E-state index in [-0.39, 0.29) is 5.91 Å². The number of benzene rings is 2. The number of aromatic nitrogens is 3. The molecular formula is C19H19ClN4O2. The first-order chi connectivity index (χ1) is 12.6. The Morgan fingerprint density at radius 1 is 1.23 bits per heavy atom. The number of carbonyl (C=O) groups excluding carboxylic acids is 1. The number of halogens is 1. The molecule has 0 saturated carbocycles. The molecule has 6 nitrogen and oxygen atoms in total. The smallest absolute Gasteiger partial charge is 0.253 e. The van der Waals surface area contributed by atoms with Crippen molar-refractivity contribution in [2.24, 2.45) is 0 Å². The molecule has 0 radical (unpaired) electrons. The number of ether oxygens (including phenoxy) is 1. The van der Waals surface area contributed by atoms with Gasteiger partial charge in [0.15, 0.2) is 0 Å². The predicted octanol–water partition coefficient (Wildman–Crippen LogP) is 3.13. The summed E-state index contributed by atoms with van der Waals surface area (Å²) in [5.74, 6) is 0.641. The molecule has 134 valence electrons. The van der Waals surface area contributed by atoms with Gasteiger partial charge in [-0.05, 0) is 35.9 Å². The third-order valence-corrected chi connectivity index (χ3v) is 4.09. The minimum Gasteiger partial charge on any atom is -0.492 e. The summed E-state index contributed by atoms with van der Waals surface area (Å²) in [5, 5.41) is 4.69. The van der Waals surface area contributed by atoms with Gasteiger partial charge in [-0.3, -0.25) is 4.79 Å². The number of nitrogens with zero attached hydrogens (tertiary/aromatic N) is 4. The summed E-state index contributed by atoms with van der Waals surface area (Å²) in [6, 6.07) is 14.7. The van der Waals surface area contributed by atoms with Gasteiger partial charge in [-0.1, -0.05) is 29.8 Å². The molecule has 1 heterocycles. The van der Waals surface area contributed by atoms with Crippen LogP contribution in [0.4, 0.5) is 0 Å². The van der Waals surface area contributed by atoms with Crippen molar-refractivity contribution in [1.29, 1.82) is 0 Å². The first-order valence-electron chi connectivity index (χ1n) is 8.17. The highest BCUT2D eigenvalue weighted by Gasteiger charge is 2.11. The van der Waals surface area contributed by atoms with Crippen molar-refractivity contribution in [2.45, 2.75) is 6.54 Å². The van der Waals surface area contributed by atoms with Crippen LogP contribution in [0, 0.1) is 0 Å². The molecule has 0 fully saturated rings. The topological polar surface area (TPSA) is 60.2 Å². The third-order valence-electron chi connectivity index (χ3n) is 3.85. The molecule has 7 heteroatoms. The van der Waals surface area contributed by atoms with Crippen molar-refractivity contribution in [3.05, 3.63) is 77.3 Å². The zero-order valence-corrected chi connectivity index (χ0v) is 15.1. The number of hydrogen-bond donors (Lipinski definition) is 0. The Hall–Kier alpha value is -2.86. The highest BCUT2D eigenvalue weighted by molar-refractivity contribution is 6.30. The zero-order valence-electron chi connectivity index (χ0n) is 14.4. The molecule has 3 rings (SSSR count). The lowest BCUT2D eigenvalue weighted by Gasteiger charge is -2.18. The minimum absolute atomic E-state index is 0.0491. The van der Waals surface area contributed by atoms with Crippen LogP contribution in [0.25, 0.3) is 0 Å². The van der Waals surface area contributed by atoms with Crippen LogP contribution in [0.2, 0.25) is 5.02 Å². The monoisotopic (exact) mass is 370 g/mol. The van der Waals surface area contributed by atoms with Gasteiger partial charge < -0.3 is 9.64 Å². The lowest BCUT2D eigenvalue weighted by molar-refractivity contribution is 0.0774. The lowest BCUT2D eigenvalue weighted by atomic mass is 10.1. The molecule has 0 unspecified atom stereocenters. The number of hydrogen-bond acceptors (Lipinski definition) is 4. The fourth-order valence-corrected chi connectivity index (χ4v) is 2.61. The van der Waals surface area contributed by atoms with Crippen LogP contribution in [-0.4, -0.2) is 45.8 Å². The van der Waals surface area contributed by atoms with Crippen LogP contribution >= 0.6 is 11.6 Å². The molecule has 0 aliphatic heterocycles. The Kier molecular flexibility index (Phi) is 5.86. The van der Waals surface area contributed by atoms with Crippen molar-refractivity contribution in [3.63, 3.8) is 0 Å². The Morgan fingerprint density at radius 2 is 2.04 bits per heavy atom. The summed E-state index contributed by atoms with van der Waals surface area (Å²) >= 11 is 5.92. The summed E-state index contributed by atoms with van der Waals surface area (Å²) in [4.78, 5) is 18.0. The van der Waals surface area contributed by atoms with Gasteiger partial charge in [-0.25, -0.2) is 9.67 Å². The molecule has 1 amide bonds. The van der Waals surface area contributed by atoms with Gasteiger partial charge >= 0.3 is 0 Å². The molecule has 0 aliphatic rings. The normalized spacial score (nSPS) is 10.5. The standard InChI is InChI=1S/C19H19ClN4O2/c1-23(9-10-26-18-4-2-3-17(20)11-18)19(25)16-7-5-15(6-8-16)12-24-14-21-13-22-24/h2-8,11,13-14H,9-10,12H2,1H3. The van der Waals surface area contributed by atoms with Crippen molar-refractivity contribution in [2.75, 3.05) is 20.2 Å². The largest absolute Gasteiger partial charge is 0.492 e. The summed E-state index contributed by atoms with van der Waals surface area (Å²) in [7, 11) is 1.76. The van der Waals surface area contributed by atoms with Crippen LogP contribution in [0.5, 0.6) is 5.75 Å². The van der Waals surface area contributed by atoms with Gasteiger partial charge in [-0.15, -0.1) is 0 Å². The van der Waals surface area contributed by atoms with Crippen LogP contribution in [0.15, 0.2) is 61.2 Å². The summed E-state index contributed by atoms with van der Waals surface area (Å²) in [6.45, 7) is 1.50. The molecule has 1 aromatic heterocycles. The average molecular weight is 371 g/mol. The van der Waals surface area contributed by atoms with E-state index in [1.165, 1.54) is 6.33 Å². The first kappa shape index (κ1) is 17.9. The van der Waals surface area contributed by atoms with E-state index in [4.69, 9.17) is 16.3 Å². The van der Waals surface area contributed by atoms with Crippen molar-refractivity contribution in [3.8, 4) is 5.75 Å². The molecular weight excluding hydrogens is 352 g/mol. The Balaban J connectivity index is 1.51. The van der Waals surface area contributed by atoms with Gasteiger partial charge in [-0.2, -0.15) is 5.10 Å². The summed E-state index contributed by atoms with van der Waals surface area (Å²) in [6.07, 6.45) is 3.16. The quantitative estimate of drug-likeness (QED) is 0.641. The molecule has 0 bridgehead atoms. The second-order valence-corrected chi connectivity index (χ2v) is 6.26. The maximum Gasteiger partial charge on any atom is 0.253 e. The minimum atomic E-state index is -0.0491. The van der Waals surface area contributed by atoms with Gasteiger partial charge in [0.05, 0.1) is 13.1 Å². The number of amides is 1. The molecule has 0 atom stereocenters. The first-order valence-corrected chi connectivity index (χ1v) is 8.55. The van der Waals surface area contributed by atoms with Gasteiger partial charge in [0.1, 0.15) is 25.0 Å². The number of carbonyl (C=O) groups is 1. The van der Waals surface area contributed by atoms with E-state index < -0.39 is 0 Å². The van der Waals surface area contributed by atoms with Crippen LogP contribution < -0.4 is 4.74 Å². The zero-order chi connectivity index (χ0) is 18.4. The van der Waals surface area contributed by atoms with Crippen molar-refractivity contribution < 1.29 is 9.53 Å². The summed E-state index contributed by atoms with van der Waals surface area (Å²) in [5.41, 5.74) is 1.69. The Labute approximate surface area is 157 Å². The highest BCUT2D eigenvalue weighted by Crippen LogP contribution is 2.17. The lowest BCUT2D eigenvalue weighted by Crippen LogP contribution is -2.30. The van der Waals surface area contributed by atoms with E-state index in [0.717, 1.165) is 5.56 Å². The maximum absolute atomic E-state index is 12.5. The Morgan fingerprint density at radius 3 is 2.73 bits per heavy atom. The SMILES string of the molecule is CN(CCOc1cccc(Cl)c1)C(=O)c1ccc(Cn2cncn2)cc1. The molecule has 3 aromatic rings. The van der Waals surface area contributed by atoms with E-state index in [1.807, 2.05) is 36.4 Å². The second-order valence-electron chi connectivity index (χ2n) is 5.82. The summed E-state index contributed by atoms with van der Waals surface area (Å²) < 4.78 is 7.36. The van der Waals surface area contributed by atoms with Crippen molar-refractivity contribution in [1.82, 2.24) is 19.7 Å². The average Bonchev–Trinajstić information content (AvgIpc) is 3.15. The fourth-order valence-electron chi connectivity index (χ4n) is 2.43. The number of likely N-dealkylation sites (N-methyl/N-ethyl adjacent to an activating group) is 1. The van der Waals surface area contributed by atoms with Gasteiger partial charge in [0.25, 0.3) is 5.91 Å². The fraction of sp³-hybridized carbons (Fsp3) is 0.211. The molecule has 26 heavy (non-hydrogen) atoms. The van der Waals surface area contributed by atoms with Crippen LogP contribution in [-0.2, 0) is 6.54 Å².